The normalized spacial score (nSPS) is 20.3. The monoisotopic (exact) mass is 434 g/mol. The SMILES string of the molecule is COC(=O)[C@@H]1C[C@H](Oc2ncc(Cl)cc2Br)CN1C(=O)OC(C)(C)C. The van der Waals surface area contributed by atoms with Crippen molar-refractivity contribution in [1.29, 1.82) is 0 Å². The number of esters is 1. The molecule has 2 rings (SSSR count). The van der Waals surface area contributed by atoms with Crippen molar-refractivity contribution in [2.75, 3.05) is 13.7 Å². The number of hydrogen-bond donors (Lipinski definition) is 0. The average Bonchev–Trinajstić information content (AvgIpc) is 2.92. The van der Waals surface area contributed by atoms with E-state index in [1.165, 1.54) is 18.2 Å². The second-order valence-corrected chi connectivity index (χ2v) is 7.88. The van der Waals surface area contributed by atoms with Gasteiger partial charge in [0.25, 0.3) is 0 Å². The summed E-state index contributed by atoms with van der Waals surface area (Å²) in [5.41, 5.74) is -0.669. The number of amides is 1. The largest absolute Gasteiger partial charge is 0.472 e. The molecule has 1 aromatic heterocycles. The summed E-state index contributed by atoms with van der Waals surface area (Å²) in [5, 5.41) is 0.466. The van der Waals surface area contributed by atoms with Gasteiger partial charge in [0.2, 0.25) is 5.88 Å². The maximum Gasteiger partial charge on any atom is 0.411 e. The molecule has 1 saturated heterocycles. The lowest BCUT2D eigenvalue weighted by Crippen LogP contribution is -2.44. The van der Waals surface area contributed by atoms with Crippen LogP contribution >= 0.6 is 27.5 Å². The van der Waals surface area contributed by atoms with Gasteiger partial charge in [-0.2, -0.15) is 0 Å². The molecule has 0 radical (unpaired) electrons. The van der Waals surface area contributed by atoms with Gasteiger partial charge < -0.3 is 14.2 Å². The van der Waals surface area contributed by atoms with Crippen molar-refractivity contribution in [3.8, 4) is 5.88 Å². The molecule has 1 fully saturated rings. The molecule has 2 atom stereocenters. The minimum Gasteiger partial charge on any atom is -0.472 e. The fourth-order valence-electron chi connectivity index (χ4n) is 2.41. The Hall–Kier alpha value is -1.54. The lowest BCUT2D eigenvalue weighted by atomic mass is 10.2. The summed E-state index contributed by atoms with van der Waals surface area (Å²) in [6.07, 6.45) is 0.724. The number of hydrogen-bond acceptors (Lipinski definition) is 6. The highest BCUT2D eigenvalue weighted by Gasteiger charge is 2.43. The van der Waals surface area contributed by atoms with Gasteiger partial charge in [-0.05, 0) is 42.8 Å². The van der Waals surface area contributed by atoms with Crippen LogP contribution in [0.25, 0.3) is 0 Å². The second-order valence-electron chi connectivity index (χ2n) is 6.59. The summed E-state index contributed by atoms with van der Waals surface area (Å²) >= 11 is 9.19. The van der Waals surface area contributed by atoms with Crippen LogP contribution in [0.4, 0.5) is 4.79 Å². The molecule has 0 unspecified atom stereocenters. The van der Waals surface area contributed by atoms with Crippen LogP contribution in [-0.2, 0) is 14.3 Å². The second kappa shape index (κ2) is 7.78. The molecule has 1 amide bonds. The molecule has 1 aromatic rings. The molecule has 0 bridgehead atoms. The zero-order chi connectivity index (χ0) is 18.8. The Morgan fingerprint density at radius 3 is 2.64 bits per heavy atom. The van der Waals surface area contributed by atoms with Crippen molar-refractivity contribution in [1.82, 2.24) is 9.88 Å². The summed E-state index contributed by atoms with van der Waals surface area (Å²) in [7, 11) is 1.28. The summed E-state index contributed by atoms with van der Waals surface area (Å²) in [6.45, 7) is 5.47. The number of likely N-dealkylation sites (tertiary alicyclic amines) is 1. The lowest BCUT2D eigenvalue weighted by Gasteiger charge is -2.27. The van der Waals surface area contributed by atoms with Crippen molar-refractivity contribution in [3.63, 3.8) is 0 Å². The molecule has 1 aliphatic rings. The maximum absolute atomic E-state index is 12.4. The Morgan fingerprint density at radius 2 is 2.08 bits per heavy atom. The van der Waals surface area contributed by atoms with Crippen molar-refractivity contribution in [2.24, 2.45) is 0 Å². The molecule has 1 aliphatic heterocycles. The van der Waals surface area contributed by atoms with Crippen molar-refractivity contribution in [3.05, 3.63) is 21.8 Å². The number of nitrogens with zero attached hydrogens (tertiary/aromatic N) is 2. The van der Waals surface area contributed by atoms with Crippen LogP contribution in [0.2, 0.25) is 5.02 Å². The highest BCUT2D eigenvalue weighted by Crippen LogP contribution is 2.30. The van der Waals surface area contributed by atoms with E-state index < -0.39 is 29.8 Å². The first-order valence-electron chi connectivity index (χ1n) is 7.66. The average molecular weight is 436 g/mol. The first kappa shape index (κ1) is 19.8. The summed E-state index contributed by atoms with van der Waals surface area (Å²) in [5.74, 6) is -0.177. The molecule has 0 aliphatic carbocycles. The Kier molecular flexibility index (Phi) is 6.16. The molecule has 9 heteroatoms. The minimum absolute atomic E-state index is 0.186. The fraction of sp³-hybridized carbons (Fsp3) is 0.562. The van der Waals surface area contributed by atoms with Gasteiger partial charge in [0.05, 0.1) is 23.1 Å². The predicted octanol–water partition coefficient (Wildman–Crippen LogP) is 3.43. The van der Waals surface area contributed by atoms with Crippen LogP contribution in [0.5, 0.6) is 5.88 Å². The predicted molar refractivity (Wildman–Crippen MR) is 94.7 cm³/mol. The number of ether oxygens (including phenoxy) is 3. The number of pyridine rings is 1. The molecule has 138 valence electrons. The lowest BCUT2D eigenvalue weighted by molar-refractivity contribution is -0.145. The van der Waals surface area contributed by atoms with E-state index >= 15 is 0 Å². The van der Waals surface area contributed by atoms with E-state index in [-0.39, 0.29) is 13.0 Å². The molecular weight excluding hydrogens is 416 g/mol. The number of halogens is 2. The molecule has 0 spiro atoms. The van der Waals surface area contributed by atoms with E-state index in [1.54, 1.807) is 26.8 Å². The highest BCUT2D eigenvalue weighted by molar-refractivity contribution is 9.10. The number of carbonyl (C=O) groups excluding carboxylic acids is 2. The highest BCUT2D eigenvalue weighted by atomic mass is 79.9. The first-order chi connectivity index (χ1) is 11.6. The van der Waals surface area contributed by atoms with Crippen molar-refractivity contribution in [2.45, 2.75) is 44.9 Å². The summed E-state index contributed by atoms with van der Waals surface area (Å²) in [6, 6.07) is 0.887. The summed E-state index contributed by atoms with van der Waals surface area (Å²) in [4.78, 5) is 29.9. The van der Waals surface area contributed by atoms with E-state index in [1.807, 2.05) is 0 Å². The number of rotatable bonds is 3. The van der Waals surface area contributed by atoms with Gasteiger partial charge in [-0.15, -0.1) is 0 Å². The van der Waals surface area contributed by atoms with Gasteiger partial charge in [-0.25, -0.2) is 14.6 Å². The molecular formula is C16H20BrClN2O5. The van der Waals surface area contributed by atoms with Crippen LogP contribution in [0.15, 0.2) is 16.7 Å². The van der Waals surface area contributed by atoms with Crippen LogP contribution in [0.1, 0.15) is 27.2 Å². The zero-order valence-corrected chi connectivity index (χ0v) is 16.8. The van der Waals surface area contributed by atoms with Gasteiger partial charge >= 0.3 is 12.1 Å². The minimum atomic E-state index is -0.768. The topological polar surface area (TPSA) is 78.0 Å². The van der Waals surface area contributed by atoms with Gasteiger partial charge in [0, 0.05) is 12.6 Å². The first-order valence-corrected chi connectivity index (χ1v) is 8.83. The van der Waals surface area contributed by atoms with Crippen LogP contribution in [-0.4, -0.2) is 53.3 Å². The van der Waals surface area contributed by atoms with Crippen molar-refractivity contribution < 1.29 is 23.8 Å². The molecule has 25 heavy (non-hydrogen) atoms. The molecule has 0 aromatic carbocycles. The summed E-state index contributed by atoms with van der Waals surface area (Å²) < 4.78 is 16.6. The molecule has 2 heterocycles. The third-order valence-corrected chi connectivity index (χ3v) is 4.19. The van der Waals surface area contributed by atoms with Crippen LogP contribution < -0.4 is 4.74 Å². The van der Waals surface area contributed by atoms with E-state index in [0.29, 0.717) is 15.4 Å². The van der Waals surface area contributed by atoms with E-state index in [2.05, 4.69) is 20.9 Å². The van der Waals surface area contributed by atoms with Crippen molar-refractivity contribution >= 4 is 39.6 Å². The van der Waals surface area contributed by atoms with E-state index in [4.69, 9.17) is 25.8 Å². The van der Waals surface area contributed by atoms with Gasteiger partial charge in [0.1, 0.15) is 17.7 Å². The van der Waals surface area contributed by atoms with Gasteiger partial charge in [-0.1, -0.05) is 11.6 Å². The van der Waals surface area contributed by atoms with Gasteiger partial charge in [0.15, 0.2) is 0 Å². The Bertz CT molecular complexity index is 664. The third kappa shape index (κ3) is 5.22. The Morgan fingerprint density at radius 1 is 1.40 bits per heavy atom. The van der Waals surface area contributed by atoms with Crippen LogP contribution in [0, 0.1) is 0 Å². The zero-order valence-electron chi connectivity index (χ0n) is 14.4. The number of methoxy groups -OCH3 is 1. The number of carbonyl (C=O) groups is 2. The maximum atomic E-state index is 12.4. The van der Waals surface area contributed by atoms with Gasteiger partial charge in [-0.3, -0.25) is 4.90 Å². The van der Waals surface area contributed by atoms with Crippen LogP contribution in [0.3, 0.4) is 0 Å². The third-order valence-electron chi connectivity index (χ3n) is 3.42. The molecule has 7 nitrogen and oxygen atoms in total. The Balaban J connectivity index is 2.14. The molecule has 0 N–H and O–H groups in total. The molecule has 0 saturated carbocycles. The Labute approximate surface area is 159 Å². The smallest absolute Gasteiger partial charge is 0.411 e. The quantitative estimate of drug-likeness (QED) is 0.677. The number of aromatic nitrogens is 1. The van der Waals surface area contributed by atoms with E-state index in [0.717, 1.165) is 0 Å². The van der Waals surface area contributed by atoms with E-state index in [9.17, 15) is 9.59 Å². The standard InChI is InChI=1S/C16H20BrClN2O5/c1-16(2,3)25-15(22)20-8-10(6-12(20)14(21)23-4)24-13-11(17)5-9(18)7-19-13/h5,7,10,12H,6,8H2,1-4H3/t10-,12-/m0/s1. The fourth-order valence-corrected chi connectivity index (χ4v) is 3.14.